The highest BCUT2D eigenvalue weighted by molar-refractivity contribution is 5.48. The van der Waals surface area contributed by atoms with E-state index >= 15 is 0 Å². The molecule has 0 N–H and O–H groups in total. The van der Waals surface area contributed by atoms with Crippen LogP contribution in [0.25, 0.3) is 0 Å². The van der Waals surface area contributed by atoms with Gasteiger partial charge in [0.15, 0.2) is 23.0 Å². The van der Waals surface area contributed by atoms with Crippen LogP contribution in [0.2, 0.25) is 0 Å². The molecule has 1 aromatic heterocycles. The fourth-order valence-corrected chi connectivity index (χ4v) is 4.24. The monoisotopic (exact) mass is 408 g/mol. The predicted molar refractivity (Wildman–Crippen MR) is 103 cm³/mol. The molecule has 154 valence electrons. The summed E-state index contributed by atoms with van der Waals surface area (Å²) < 4.78 is 34.7. The standard InChI is InChI=1S/C22H20N2O6/c1-2-4-17-15(3-1)26-12-19(29-17)20-23-24-21(30-20)22(7-9-25-10-8-22)14-5-6-16-18(11-14)28-13-27-16/h1-6,11,19H,7-10,12-13H2/t19-/m1/s1. The second kappa shape index (κ2) is 6.91. The molecule has 2 aromatic carbocycles. The van der Waals surface area contributed by atoms with Gasteiger partial charge in [-0.05, 0) is 42.7 Å². The van der Waals surface area contributed by atoms with Crippen LogP contribution in [0.4, 0.5) is 0 Å². The van der Waals surface area contributed by atoms with Crippen molar-refractivity contribution in [2.45, 2.75) is 24.4 Å². The van der Waals surface area contributed by atoms with Crippen molar-refractivity contribution in [3.05, 3.63) is 59.8 Å². The van der Waals surface area contributed by atoms with E-state index in [1.807, 2.05) is 42.5 Å². The van der Waals surface area contributed by atoms with Crippen LogP contribution in [0.3, 0.4) is 0 Å². The molecule has 0 amide bonds. The van der Waals surface area contributed by atoms with Crippen LogP contribution in [0.5, 0.6) is 23.0 Å². The third kappa shape index (κ3) is 2.79. The molecular formula is C22H20N2O6. The summed E-state index contributed by atoms with van der Waals surface area (Å²) in [6, 6.07) is 13.5. The summed E-state index contributed by atoms with van der Waals surface area (Å²) in [5.74, 6) is 3.84. The van der Waals surface area contributed by atoms with Crippen LogP contribution in [0.15, 0.2) is 46.9 Å². The van der Waals surface area contributed by atoms with Crippen molar-refractivity contribution >= 4 is 0 Å². The van der Waals surface area contributed by atoms with Gasteiger partial charge in [0, 0.05) is 13.2 Å². The van der Waals surface area contributed by atoms with Crippen LogP contribution < -0.4 is 18.9 Å². The molecular weight excluding hydrogens is 388 g/mol. The lowest BCUT2D eigenvalue weighted by molar-refractivity contribution is 0.0480. The first-order valence-corrected chi connectivity index (χ1v) is 10.0. The average Bonchev–Trinajstić information content (AvgIpc) is 3.49. The Kier molecular flexibility index (Phi) is 4.05. The van der Waals surface area contributed by atoms with Crippen molar-refractivity contribution in [3.63, 3.8) is 0 Å². The summed E-state index contributed by atoms with van der Waals surface area (Å²) in [5.41, 5.74) is 0.606. The summed E-state index contributed by atoms with van der Waals surface area (Å²) in [6.45, 7) is 1.78. The smallest absolute Gasteiger partial charge is 0.260 e. The van der Waals surface area contributed by atoms with E-state index in [1.54, 1.807) is 0 Å². The number of aromatic nitrogens is 2. The van der Waals surface area contributed by atoms with Crippen molar-refractivity contribution in [1.29, 1.82) is 0 Å². The Bertz CT molecular complexity index is 1070. The molecule has 8 nitrogen and oxygen atoms in total. The van der Waals surface area contributed by atoms with E-state index < -0.39 is 11.5 Å². The fraction of sp³-hybridized carbons (Fsp3) is 0.364. The van der Waals surface area contributed by atoms with Crippen LogP contribution in [0, 0.1) is 0 Å². The molecule has 30 heavy (non-hydrogen) atoms. The Morgan fingerprint density at radius 1 is 0.833 bits per heavy atom. The highest BCUT2D eigenvalue weighted by Gasteiger charge is 2.43. The molecule has 0 bridgehead atoms. The van der Waals surface area contributed by atoms with Gasteiger partial charge in [0.1, 0.15) is 6.61 Å². The zero-order chi connectivity index (χ0) is 20.0. The summed E-state index contributed by atoms with van der Waals surface area (Å²) in [7, 11) is 0. The van der Waals surface area contributed by atoms with E-state index in [2.05, 4.69) is 10.2 Å². The number of rotatable bonds is 3. The topological polar surface area (TPSA) is 85.1 Å². The molecule has 8 heteroatoms. The number of benzene rings is 2. The number of hydrogen-bond acceptors (Lipinski definition) is 8. The third-order valence-corrected chi connectivity index (χ3v) is 5.91. The van der Waals surface area contributed by atoms with Gasteiger partial charge >= 0.3 is 0 Å². The van der Waals surface area contributed by atoms with Gasteiger partial charge in [-0.2, -0.15) is 0 Å². The Balaban J connectivity index is 1.35. The Morgan fingerprint density at radius 2 is 1.63 bits per heavy atom. The lowest BCUT2D eigenvalue weighted by Gasteiger charge is -2.34. The highest BCUT2D eigenvalue weighted by Crippen LogP contribution is 2.45. The maximum Gasteiger partial charge on any atom is 0.260 e. The van der Waals surface area contributed by atoms with Crippen molar-refractivity contribution in [3.8, 4) is 23.0 Å². The molecule has 0 saturated carbocycles. The average molecular weight is 408 g/mol. The number of fused-ring (bicyclic) bond motifs is 2. The van der Waals surface area contributed by atoms with Gasteiger partial charge in [-0.15, -0.1) is 10.2 Å². The summed E-state index contributed by atoms with van der Waals surface area (Å²) in [6.07, 6.45) is 1.02. The predicted octanol–water partition coefficient (Wildman–Crippen LogP) is 3.41. The summed E-state index contributed by atoms with van der Waals surface area (Å²) in [4.78, 5) is 0. The first-order valence-electron chi connectivity index (χ1n) is 10.0. The van der Waals surface area contributed by atoms with E-state index in [0.29, 0.717) is 37.4 Å². The second-order valence-corrected chi connectivity index (χ2v) is 7.57. The minimum Gasteiger partial charge on any atom is -0.485 e. The van der Waals surface area contributed by atoms with Crippen molar-refractivity contribution in [1.82, 2.24) is 10.2 Å². The van der Waals surface area contributed by atoms with E-state index in [-0.39, 0.29) is 6.79 Å². The molecule has 4 heterocycles. The van der Waals surface area contributed by atoms with Gasteiger partial charge in [0.05, 0.1) is 5.41 Å². The van der Waals surface area contributed by atoms with E-state index in [4.69, 9.17) is 28.1 Å². The molecule has 0 radical (unpaired) electrons. The number of nitrogens with zero attached hydrogens (tertiary/aromatic N) is 2. The fourth-order valence-electron chi connectivity index (χ4n) is 4.24. The van der Waals surface area contributed by atoms with Crippen LogP contribution in [-0.2, 0) is 10.2 Å². The first-order chi connectivity index (χ1) is 14.8. The largest absolute Gasteiger partial charge is 0.485 e. The van der Waals surface area contributed by atoms with Crippen LogP contribution in [0.1, 0.15) is 36.3 Å². The number of ether oxygens (including phenoxy) is 5. The van der Waals surface area contributed by atoms with Gasteiger partial charge in [-0.25, -0.2) is 0 Å². The lowest BCUT2D eigenvalue weighted by Crippen LogP contribution is -2.35. The first kappa shape index (κ1) is 17.6. The van der Waals surface area contributed by atoms with Gasteiger partial charge in [-0.3, -0.25) is 0 Å². The van der Waals surface area contributed by atoms with Crippen molar-refractivity contribution in [2.75, 3.05) is 26.6 Å². The van der Waals surface area contributed by atoms with E-state index in [1.165, 1.54) is 0 Å². The summed E-state index contributed by atoms with van der Waals surface area (Å²) >= 11 is 0. The molecule has 0 spiro atoms. The van der Waals surface area contributed by atoms with Gasteiger partial charge in [0.25, 0.3) is 5.89 Å². The van der Waals surface area contributed by atoms with E-state index in [9.17, 15) is 0 Å². The third-order valence-electron chi connectivity index (χ3n) is 5.91. The van der Waals surface area contributed by atoms with Crippen molar-refractivity contribution < 1.29 is 28.1 Å². The maximum absolute atomic E-state index is 6.20. The molecule has 1 atom stereocenters. The molecule has 3 aliphatic heterocycles. The minimum atomic E-state index is -0.449. The SMILES string of the molecule is c1ccc2c(c1)OC[C@H](c1nnc(C3(c4ccc5c(c4)OCO5)CCOCC3)o1)O2. The van der Waals surface area contributed by atoms with Gasteiger partial charge in [0.2, 0.25) is 18.8 Å². The Labute approximate surface area is 172 Å². The van der Waals surface area contributed by atoms with Crippen molar-refractivity contribution in [2.24, 2.45) is 0 Å². The normalized spacial score (nSPS) is 21.4. The minimum absolute atomic E-state index is 0.236. The molecule has 6 rings (SSSR count). The molecule has 3 aliphatic rings. The maximum atomic E-state index is 6.20. The second-order valence-electron chi connectivity index (χ2n) is 7.57. The molecule has 1 fully saturated rings. The molecule has 1 saturated heterocycles. The lowest BCUT2D eigenvalue weighted by atomic mass is 9.74. The molecule has 3 aromatic rings. The molecule has 0 unspecified atom stereocenters. The number of para-hydroxylation sites is 2. The summed E-state index contributed by atoms with van der Waals surface area (Å²) in [5, 5.41) is 8.75. The Hall–Kier alpha value is -3.26. The van der Waals surface area contributed by atoms with Gasteiger partial charge in [-0.1, -0.05) is 18.2 Å². The number of hydrogen-bond donors (Lipinski definition) is 0. The van der Waals surface area contributed by atoms with Crippen LogP contribution in [-0.4, -0.2) is 36.8 Å². The zero-order valence-electron chi connectivity index (χ0n) is 16.2. The quantitative estimate of drug-likeness (QED) is 0.652. The zero-order valence-corrected chi connectivity index (χ0v) is 16.2. The van der Waals surface area contributed by atoms with E-state index in [0.717, 1.165) is 35.7 Å². The Morgan fingerprint density at radius 3 is 2.53 bits per heavy atom. The highest BCUT2D eigenvalue weighted by atomic mass is 16.7. The van der Waals surface area contributed by atoms with Crippen LogP contribution >= 0.6 is 0 Å². The van der Waals surface area contributed by atoms with Gasteiger partial charge < -0.3 is 28.1 Å². The molecule has 0 aliphatic carbocycles.